The number of hydrogen-bond donors (Lipinski definition) is 0. The van der Waals surface area contributed by atoms with Crippen LogP contribution in [0, 0.1) is 17.5 Å². The quantitative estimate of drug-likeness (QED) is 0.654. The third kappa shape index (κ3) is 1.67. The third-order valence-corrected chi connectivity index (χ3v) is 2.32. The Morgan fingerprint density at radius 3 is 2.27 bits per heavy atom. The smallest absolute Gasteiger partial charge is 0.163 e. The first kappa shape index (κ1) is 9.96. The minimum atomic E-state index is -1.25. The van der Waals surface area contributed by atoms with Gasteiger partial charge in [0.2, 0.25) is 0 Å². The van der Waals surface area contributed by atoms with E-state index in [9.17, 15) is 18.0 Å². The van der Waals surface area contributed by atoms with Crippen LogP contribution in [0.25, 0.3) is 5.57 Å². The Hall–Kier alpha value is -1.58. The molecule has 0 heterocycles. The van der Waals surface area contributed by atoms with Crippen molar-refractivity contribution in [1.82, 2.24) is 0 Å². The average Bonchev–Trinajstić information content (AvgIpc) is 2.58. The molecule has 0 N–H and O–H groups in total. The second kappa shape index (κ2) is 3.53. The molecule has 1 aromatic rings. The lowest BCUT2D eigenvalue weighted by Gasteiger charge is -2.03. The SMILES string of the molecule is O=C1CCC=C1c1cc(F)c(F)cc1F. The Labute approximate surface area is 84.2 Å². The monoisotopic (exact) mass is 212 g/mol. The van der Waals surface area contributed by atoms with Gasteiger partial charge in [-0.3, -0.25) is 4.79 Å². The topological polar surface area (TPSA) is 17.1 Å². The van der Waals surface area contributed by atoms with Crippen molar-refractivity contribution in [2.75, 3.05) is 0 Å². The summed E-state index contributed by atoms with van der Waals surface area (Å²) < 4.78 is 38.7. The highest BCUT2D eigenvalue weighted by Gasteiger charge is 2.21. The minimum Gasteiger partial charge on any atom is -0.294 e. The molecule has 0 amide bonds. The highest BCUT2D eigenvalue weighted by molar-refractivity contribution is 6.22. The number of hydrogen-bond acceptors (Lipinski definition) is 1. The largest absolute Gasteiger partial charge is 0.294 e. The third-order valence-electron chi connectivity index (χ3n) is 2.32. The van der Waals surface area contributed by atoms with Crippen molar-refractivity contribution >= 4 is 11.4 Å². The van der Waals surface area contributed by atoms with Gasteiger partial charge < -0.3 is 0 Å². The zero-order chi connectivity index (χ0) is 11.0. The van der Waals surface area contributed by atoms with Crippen molar-refractivity contribution in [3.63, 3.8) is 0 Å². The van der Waals surface area contributed by atoms with E-state index in [-0.39, 0.29) is 16.9 Å². The maximum absolute atomic E-state index is 13.3. The molecule has 1 aromatic carbocycles. The van der Waals surface area contributed by atoms with Crippen LogP contribution in [0.5, 0.6) is 0 Å². The molecule has 1 aliphatic carbocycles. The first-order chi connectivity index (χ1) is 7.09. The van der Waals surface area contributed by atoms with Crippen LogP contribution in [-0.4, -0.2) is 5.78 Å². The van der Waals surface area contributed by atoms with Crippen LogP contribution < -0.4 is 0 Å². The molecule has 0 aromatic heterocycles. The van der Waals surface area contributed by atoms with E-state index >= 15 is 0 Å². The second-order valence-electron chi connectivity index (χ2n) is 3.33. The summed E-state index contributed by atoms with van der Waals surface area (Å²) >= 11 is 0. The molecule has 0 saturated heterocycles. The molecule has 0 bridgehead atoms. The molecule has 4 heteroatoms. The lowest BCUT2D eigenvalue weighted by molar-refractivity contribution is -0.113. The number of ketones is 1. The summed E-state index contributed by atoms with van der Waals surface area (Å²) in [5.74, 6) is -3.54. The van der Waals surface area contributed by atoms with Crippen molar-refractivity contribution in [2.45, 2.75) is 12.8 Å². The fraction of sp³-hybridized carbons (Fsp3) is 0.182. The predicted octanol–water partition coefficient (Wildman–Crippen LogP) is 2.85. The number of benzene rings is 1. The molecule has 0 saturated carbocycles. The molecule has 1 aliphatic rings. The summed E-state index contributed by atoms with van der Waals surface area (Å²) in [6, 6.07) is 1.18. The molecular weight excluding hydrogens is 205 g/mol. The molecule has 0 aliphatic heterocycles. The molecule has 0 fully saturated rings. The van der Waals surface area contributed by atoms with E-state index < -0.39 is 17.5 Å². The van der Waals surface area contributed by atoms with E-state index in [1.54, 1.807) is 0 Å². The van der Waals surface area contributed by atoms with Gasteiger partial charge >= 0.3 is 0 Å². The van der Waals surface area contributed by atoms with Crippen LogP contribution in [0.3, 0.4) is 0 Å². The summed E-state index contributed by atoms with van der Waals surface area (Å²) in [7, 11) is 0. The summed E-state index contributed by atoms with van der Waals surface area (Å²) in [5, 5.41) is 0. The van der Waals surface area contributed by atoms with Crippen LogP contribution in [0.15, 0.2) is 18.2 Å². The molecule has 15 heavy (non-hydrogen) atoms. The van der Waals surface area contributed by atoms with Crippen molar-refractivity contribution in [3.8, 4) is 0 Å². The molecule has 2 rings (SSSR count). The number of Topliss-reactive ketones (excluding diaryl/α,β-unsaturated/α-hetero) is 1. The van der Waals surface area contributed by atoms with Crippen LogP contribution in [0.2, 0.25) is 0 Å². The van der Waals surface area contributed by atoms with E-state index in [0.717, 1.165) is 6.07 Å². The normalized spacial score (nSPS) is 15.7. The highest BCUT2D eigenvalue weighted by Crippen LogP contribution is 2.27. The Morgan fingerprint density at radius 1 is 1.00 bits per heavy atom. The molecular formula is C11H7F3O. The van der Waals surface area contributed by atoms with Gasteiger partial charge in [-0.05, 0) is 12.5 Å². The fourth-order valence-electron chi connectivity index (χ4n) is 1.59. The molecule has 0 unspecified atom stereocenters. The second-order valence-corrected chi connectivity index (χ2v) is 3.33. The number of allylic oxidation sites excluding steroid dienone is 2. The van der Waals surface area contributed by atoms with Crippen LogP contribution >= 0.6 is 0 Å². The van der Waals surface area contributed by atoms with Gasteiger partial charge in [0, 0.05) is 23.6 Å². The van der Waals surface area contributed by atoms with Gasteiger partial charge in [0.1, 0.15) is 5.82 Å². The molecule has 78 valence electrons. The molecule has 0 atom stereocenters. The molecule has 0 radical (unpaired) electrons. The zero-order valence-corrected chi connectivity index (χ0v) is 7.69. The van der Waals surface area contributed by atoms with Crippen LogP contribution in [0.1, 0.15) is 18.4 Å². The van der Waals surface area contributed by atoms with Gasteiger partial charge in [0.05, 0.1) is 0 Å². The maximum atomic E-state index is 13.3. The first-order valence-corrected chi connectivity index (χ1v) is 4.48. The summed E-state index contributed by atoms with van der Waals surface area (Å²) in [4.78, 5) is 11.3. The van der Waals surface area contributed by atoms with E-state index in [4.69, 9.17) is 0 Å². The maximum Gasteiger partial charge on any atom is 0.163 e. The Kier molecular flexibility index (Phi) is 2.34. The zero-order valence-electron chi connectivity index (χ0n) is 7.69. The number of carbonyl (C=O) groups excluding carboxylic acids is 1. The lowest BCUT2D eigenvalue weighted by atomic mass is 10.0. The number of rotatable bonds is 1. The Balaban J connectivity index is 2.53. The van der Waals surface area contributed by atoms with Crippen LogP contribution in [-0.2, 0) is 4.79 Å². The fourth-order valence-corrected chi connectivity index (χ4v) is 1.59. The lowest BCUT2D eigenvalue weighted by Crippen LogP contribution is -2.00. The van der Waals surface area contributed by atoms with Crippen LogP contribution in [0.4, 0.5) is 13.2 Å². The first-order valence-electron chi connectivity index (χ1n) is 4.48. The number of carbonyl (C=O) groups is 1. The van der Waals surface area contributed by atoms with E-state index in [1.165, 1.54) is 6.08 Å². The van der Waals surface area contributed by atoms with Gasteiger partial charge in [-0.25, -0.2) is 13.2 Å². The van der Waals surface area contributed by atoms with Crippen molar-refractivity contribution < 1.29 is 18.0 Å². The van der Waals surface area contributed by atoms with Gasteiger partial charge in [-0.1, -0.05) is 6.08 Å². The summed E-state index contributed by atoms with van der Waals surface area (Å²) in [6.45, 7) is 0. The van der Waals surface area contributed by atoms with Crippen molar-refractivity contribution in [2.24, 2.45) is 0 Å². The van der Waals surface area contributed by atoms with E-state index in [2.05, 4.69) is 0 Å². The average molecular weight is 212 g/mol. The van der Waals surface area contributed by atoms with Crippen molar-refractivity contribution in [1.29, 1.82) is 0 Å². The predicted molar refractivity (Wildman–Crippen MR) is 48.5 cm³/mol. The standard InChI is InChI=1S/C11H7F3O/c12-8-5-10(14)9(13)4-7(8)6-2-1-3-11(6)15/h2,4-5H,1,3H2. The number of halogens is 3. The Bertz CT molecular complexity index is 463. The highest BCUT2D eigenvalue weighted by atomic mass is 19.2. The van der Waals surface area contributed by atoms with Gasteiger partial charge in [0.15, 0.2) is 17.4 Å². The van der Waals surface area contributed by atoms with Gasteiger partial charge in [0.25, 0.3) is 0 Å². The molecule has 0 spiro atoms. The van der Waals surface area contributed by atoms with Gasteiger partial charge in [-0.2, -0.15) is 0 Å². The van der Waals surface area contributed by atoms with E-state index in [1.807, 2.05) is 0 Å². The van der Waals surface area contributed by atoms with E-state index in [0.29, 0.717) is 18.9 Å². The molecule has 1 nitrogen and oxygen atoms in total. The summed E-state index contributed by atoms with van der Waals surface area (Å²) in [5.41, 5.74) is -0.0113. The Morgan fingerprint density at radius 2 is 1.67 bits per heavy atom. The minimum absolute atomic E-state index is 0.145. The summed E-state index contributed by atoms with van der Waals surface area (Å²) in [6.07, 6.45) is 2.36. The van der Waals surface area contributed by atoms with Crippen molar-refractivity contribution in [3.05, 3.63) is 41.2 Å². The van der Waals surface area contributed by atoms with Gasteiger partial charge in [-0.15, -0.1) is 0 Å².